The summed E-state index contributed by atoms with van der Waals surface area (Å²) in [6.45, 7) is -2.97. The summed E-state index contributed by atoms with van der Waals surface area (Å²) in [6.07, 6.45) is 0. The SMILES string of the molecule is FC(F)Oc1cc(Cl)ccc1-c1cc(Cl)c(Cl)c(Cl)c1. The van der Waals surface area contributed by atoms with Crippen LogP contribution in [0.25, 0.3) is 11.1 Å². The average Bonchev–Trinajstić information content (AvgIpc) is 2.35. The highest BCUT2D eigenvalue weighted by Crippen LogP contribution is 2.39. The lowest BCUT2D eigenvalue weighted by molar-refractivity contribution is -0.0494. The van der Waals surface area contributed by atoms with Crippen molar-refractivity contribution in [2.45, 2.75) is 6.61 Å². The molecule has 0 radical (unpaired) electrons. The van der Waals surface area contributed by atoms with Crippen LogP contribution in [-0.2, 0) is 0 Å². The Hall–Kier alpha value is -0.740. The predicted octanol–water partition coefficient (Wildman–Crippen LogP) is 6.57. The van der Waals surface area contributed by atoms with Crippen molar-refractivity contribution in [1.29, 1.82) is 0 Å². The fraction of sp³-hybridized carbons (Fsp3) is 0.0769. The zero-order valence-corrected chi connectivity index (χ0v) is 12.7. The Morgan fingerprint density at radius 2 is 1.50 bits per heavy atom. The molecule has 0 aliphatic rings. The third-order valence-corrected chi connectivity index (χ3v) is 3.89. The zero-order chi connectivity index (χ0) is 14.9. The quantitative estimate of drug-likeness (QED) is 0.564. The van der Waals surface area contributed by atoms with Crippen LogP contribution < -0.4 is 4.74 Å². The Balaban J connectivity index is 2.57. The predicted molar refractivity (Wildman–Crippen MR) is 78.6 cm³/mol. The minimum Gasteiger partial charge on any atom is -0.434 e. The second-order valence-electron chi connectivity index (χ2n) is 3.77. The summed E-state index contributed by atoms with van der Waals surface area (Å²) in [7, 11) is 0. The molecule has 20 heavy (non-hydrogen) atoms. The number of rotatable bonds is 3. The van der Waals surface area contributed by atoms with Crippen molar-refractivity contribution in [1.82, 2.24) is 0 Å². The van der Waals surface area contributed by atoms with Crippen LogP contribution in [0.5, 0.6) is 5.75 Å². The Morgan fingerprint density at radius 1 is 0.900 bits per heavy atom. The molecule has 0 saturated heterocycles. The van der Waals surface area contributed by atoms with Crippen LogP contribution >= 0.6 is 46.4 Å². The lowest BCUT2D eigenvalue weighted by Gasteiger charge is -2.12. The number of hydrogen-bond donors (Lipinski definition) is 0. The molecule has 1 nitrogen and oxygen atoms in total. The molecule has 0 spiro atoms. The lowest BCUT2D eigenvalue weighted by atomic mass is 10.0. The van der Waals surface area contributed by atoms with Gasteiger partial charge >= 0.3 is 6.61 Å². The number of ether oxygens (including phenoxy) is 1. The Kier molecular flexibility index (Phi) is 4.97. The van der Waals surface area contributed by atoms with Crippen LogP contribution in [0.4, 0.5) is 8.78 Å². The molecule has 0 bridgehead atoms. The molecule has 0 aliphatic heterocycles. The summed E-state index contributed by atoms with van der Waals surface area (Å²) in [6, 6.07) is 7.40. The average molecular weight is 358 g/mol. The van der Waals surface area contributed by atoms with Crippen molar-refractivity contribution in [2.75, 3.05) is 0 Å². The van der Waals surface area contributed by atoms with Crippen LogP contribution in [0.3, 0.4) is 0 Å². The van der Waals surface area contributed by atoms with Gasteiger partial charge in [-0.2, -0.15) is 8.78 Å². The maximum Gasteiger partial charge on any atom is 0.387 e. The van der Waals surface area contributed by atoms with Crippen molar-refractivity contribution < 1.29 is 13.5 Å². The topological polar surface area (TPSA) is 9.23 Å². The summed E-state index contributed by atoms with van der Waals surface area (Å²) in [5, 5.41) is 0.900. The third kappa shape index (κ3) is 3.47. The molecular formula is C13H6Cl4F2O. The molecule has 0 amide bonds. The first-order valence-electron chi connectivity index (χ1n) is 5.27. The van der Waals surface area contributed by atoms with Gasteiger partial charge in [0.05, 0.1) is 15.1 Å². The number of halogens is 6. The smallest absolute Gasteiger partial charge is 0.387 e. The van der Waals surface area contributed by atoms with Gasteiger partial charge in [-0.1, -0.05) is 46.4 Å². The summed E-state index contributed by atoms with van der Waals surface area (Å²) >= 11 is 23.5. The van der Waals surface area contributed by atoms with Crippen molar-refractivity contribution in [3.8, 4) is 16.9 Å². The van der Waals surface area contributed by atoms with Gasteiger partial charge in [0.25, 0.3) is 0 Å². The van der Waals surface area contributed by atoms with E-state index in [9.17, 15) is 8.78 Å². The standard InChI is InChI=1S/C13H6Cl4F2O/c14-7-1-2-8(11(5-7)20-13(18)19)6-3-9(15)12(17)10(16)4-6/h1-5,13H. The molecule has 0 atom stereocenters. The highest BCUT2D eigenvalue weighted by atomic mass is 35.5. The van der Waals surface area contributed by atoms with Gasteiger partial charge in [0.2, 0.25) is 0 Å². The monoisotopic (exact) mass is 356 g/mol. The molecule has 0 aliphatic carbocycles. The minimum atomic E-state index is -2.97. The Bertz CT molecular complexity index is 623. The highest BCUT2D eigenvalue weighted by Gasteiger charge is 2.14. The molecule has 0 heterocycles. The van der Waals surface area contributed by atoms with E-state index < -0.39 is 6.61 Å². The maximum atomic E-state index is 12.4. The van der Waals surface area contributed by atoms with E-state index in [2.05, 4.69) is 4.74 Å². The van der Waals surface area contributed by atoms with E-state index in [0.29, 0.717) is 11.1 Å². The van der Waals surface area contributed by atoms with Crippen molar-refractivity contribution >= 4 is 46.4 Å². The normalized spacial score (nSPS) is 10.9. The molecule has 106 valence electrons. The summed E-state index contributed by atoms with van der Waals surface area (Å²) in [5.74, 6) is -0.0676. The molecule has 7 heteroatoms. The van der Waals surface area contributed by atoms with Crippen LogP contribution in [0.2, 0.25) is 20.1 Å². The zero-order valence-electron chi connectivity index (χ0n) is 9.64. The van der Waals surface area contributed by atoms with Crippen LogP contribution in [-0.4, -0.2) is 6.61 Å². The van der Waals surface area contributed by atoms with E-state index in [4.69, 9.17) is 46.4 Å². The van der Waals surface area contributed by atoms with E-state index >= 15 is 0 Å². The second-order valence-corrected chi connectivity index (χ2v) is 5.40. The fourth-order valence-corrected chi connectivity index (χ4v) is 2.40. The number of alkyl halides is 2. The van der Waals surface area contributed by atoms with Gasteiger partial charge in [0.1, 0.15) is 5.75 Å². The summed E-state index contributed by atoms with van der Waals surface area (Å²) in [5.41, 5.74) is 0.881. The maximum absolute atomic E-state index is 12.4. The fourth-order valence-electron chi connectivity index (χ4n) is 1.64. The summed E-state index contributed by atoms with van der Waals surface area (Å²) in [4.78, 5) is 0. The molecule has 0 N–H and O–H groups in total. The molecular weight excluding hydrogens is 352 g/mol. The van der Waals surface area contributed by atoms with Gasteiger partial charge in [-0.3, -0.25) is 0 Å². The molecule has 2 aromatic rings. The van der Waals surface area contributed by atoms with Gasteiger partial charge in [-0.15, -0.1) is 0 Å². The first kappa shape index (κ1) is 15.6. The van der Waals surface area contributed by atoms with Crippen molar-refractivity contribution in [3.63, 3.8) is 0 Å². The van der Waals surface area contributed by atoms with E-state index in [1.165, 1.54) is 24.3 Å². The molecule has 2 aromatic carbocycles. The third-order valence-electron chi connectivity index (χ3n) is 2.45. The van der Waals surface area contributed by atoms with E-state index in [0.717, 1.165) is 0 Å². The van der Waals surface area contributed by atoms with Gasteiger partial charge in [-0.25, -0.2) is 0 Å². The highest BCUT2D eigenvalue weighted by molar-refractivity contribution is 6.48. The van der Waals surface area contributed by atoms with Gasteiger partial charge in [0, 0.05) is 10.6 Å². The van der Waals surface area contributed by atoms with E-state index in [1.807, 2.05) is 0 Å². The number of hydrogen-bond acceptors (Lipinski definition) is 1. The second kappa shape index (κ2) is 6.35. The van der Waals surface area contributed by atoms with Gasteiger partial charge in [0.15, 0.2) is 0 Å². The number of benzene rings is 2. The first-order chi connectivity index (χ1) is 9.38. The Morgan fingerprint density at radius 3 is 2.05 bits per heavy atom. The van der Waals surface area contributed by atoms with E-state index in [1.54, 1.807) is 6.07 Å². The van der Waals surface area contributed by atoms with Crippen LogP contribution in [0.15, 0.2) is 30.3 Å². The molecule has 0 saturated carbocycles. The van der Waals surface area contributed by atoms with Gasteiger partial charge < -0.3 is 4.74 Å². The lowest BCUT2D eigenvalue weighted by Crippen LogP contribution is -2.03. The van der Waals surface area contributed by atoms with Crippen LogP contribution in [0, 0.1) is 0 Å². The Labute approximate surface area is 134 Å². The van der Waals surface area contributed by atoms with Crippen molar-refractivity contribution in [2.24, 2.45) is 0 Å². The molecule has 2 rings (SSSR count). The minimum absolute atomic E-state index is 0.0676. The van der Waals surface area contributed by atoms with Crippen molar-refractivity contribution in [3.05, 3.63) is 50.4 Å². The molecule has 0 fully saturated rings. The first-order valence-corrected chi connectivity index (χ1v) is 6.79. The largest absolute Gasteiger partial charge is 0.434 e. The molecule has 0 unspecified atom stereocenters. The van der Waals surface area contributed by atoms with Gasteiger partial charge in [-0.05, 0) is 35.9 Å². The van der Waals surface area contributed by atoms with E-state index in [-0.39, 0.29) is 25.8 Å². The van der Waals surface area contributed by atoms with Crippen LogP contribution in [0.1, 0.15) is 0 Å². The summed E-state index contributed by atoms with van der Waals surface area (Å²) < 4.78 is 29.3. The molecule has 0 aromatic heterocycles.